The fraction of sp³-hybridized carbons (Fsp3) is 0.769. The number of aliphatic hydroxyl groups is 1. The van der Waals surface area contributed by atoms with Crippen molar-refractivity contribution in [3.63, 3.8) is 0 Å². The van der Waals surface area contributed by atoms with Crippen molar-refractivity contribution in [2.75, 3.05) is 13.2 Å². The number of imidazole rings is 1. The molecule has 0 radical (unpaired) electrons. The van der Waals surface area contributed by atoms with E-state index >= 15 is 0 Å². The zero-order valence-electron chi connectivity index (χ0n) is 11.2. The van der Waals surface area contributed by atoms with Crippen LogP contribution in [0.25, 0.3) is 0 Å². The van der Waals surface area contributed by atoms with E-state index in [0.717, 1.165) is 31.8 Å². The molecule has 0 saturated heterocycles. The van der Waals surface area contributed by atoms with Gasteiger partial charge in [0.15, 0.2) is 0 Å². The van der Waals surface area contributed by atoms with Crippen LogP contribution in [0.5, 0.6) is 0 Å². The molecule has 0 aliphatic rings. The van der Waals surface area contributed by atoms with Gasteiger partial charge < -0.3 is 15.0 Å². The van der Waals surface area contributed by atoms with Gasteiger partial charge in [0.05, 0.1) is 0 Å². The lowest BCUT2D eigenvalue weighted by atomic mass is 10.1. The van der Waals surface area contributed by atoms with Gasteiger partial charge in [-0.3, -0.25) is 0 Å². The first-order valence-corrected chi connectivity index (χ1v) is 6.54. The maximum atomic E-state index is 9.08. The first-order chi connectivity index (χ1) is 8.19. The van der Waals surface area contributed by atoms with Crippen LogP contribution in [0.3, 0.4) is 0 Å². The van der Waals surface area contributed by atoms with Crippen LogP contribution in [-0.2, 0) is 6.54 Å². The minimum Gasteiger partial charge on any atom is -0.396 e. The van der Waals surface area contributed by atoms with Gasteiger partial charge in [-0.25, -0.2) is 4.98 Å². The first-order valence-electron chi connectivity index (χ1n) is 6.54. The minimum atomic E-state index is 0.229. The molecule has 0 aromatic carbocycles. The number of rotatable bonds is 8. The molecule has 0 spiro atoms. The number of nitrogens with zero attached hydrogens (tertiary/aromatic N) is 2. The average molecular weight is 239 g/mol. The van der Waals surface area contributed by atoms with Gasteiger partial charge in [0.2, 0.25) is 0 Å². The average Bonchev–Trinajstić information content (AvgIpc) is 2.74. The lowest BCUT2D eigenvalue weighted by Gasteiger charge is -2.20. The predicted molar refractivity (Wildman–Crippen MR) is 70.1 cm³/mol. The third-order valence-electron chi connectivity index (χ3n) is 2.84. The summed E-state index contributed by atoms with van der Waals surface area (Å²) in [4.78, 5) is 4.38. The van der Waals surface area contributed by atoms with E-state index in [4.69, 9.17) is 5.11 Å². The summed E-state index contributed by atoms with van der Waals surface area (Å²) >= 11 is 0. The first kappa shape index (κ1) is 14.2. The van der Waals surface area contributed by atoms with Crippen LogP contribution in [0.2, 0.25) is 0 Å². The number of hydrogen-bond acceptors (Lipinski definition) is 3. The molecule has 2 N–H and O–H groups in total. The van der Waals surface area contributed by atoms with E-state index in [9.17, 15) is 0 Å². The molecular formula is C13H25N3O. The molecule has 1 aromatic rings. The number of aromatic nitrogens is 2. The summed E-state index contributed by atoms with van der Waals surface area (Å²) < 4.78 is 2.19. The molecule has 17 heavy (non-hydrogen) atoms. The predicted octanol–water partition coefficient (Wildman–Crippen LogP) is 1.76. The Bertz CT molecular complexity index is 309. The Morgan fingerprint density at radius 2 is 2.24 bits per heavy atom. The molecule has 98 valence electrons. The summed E-state index contributed by atoms with van der Waals surface area (Å²) in [5, 5.41) is 12.5. The summed E-state index contributed by atoms with van der Waals surface area (Å²) in [5.74, 6) is 1.55. The van der Waals surface area contributed by atoms with E-state index < -0.39 is 0 Å². The van der Waals surface area contributed by atoms with Gasteiger partial charge in [0, 0.05) is 37.5 Å². The van der Waals surface area contributed by atoms with Crippen molar-refractivity contribution in [1.29, 1.82) is 0 Å². The topological polar surface area (TPSA) is 50.1 Å². The third-order valence-corrected chi connectivity index (χ3v) is 2.84. The van der Waals surface area contributed by atoms with Gasteiger partial charge in [-0.15, -0.1) is 0 Å². The lowest BCUT2D eigenvalue weighted by molar-refractivity contribution is 0.255. The zero-order chi connectivity index (χ0) is 12.7. The normalized spacial score (nSPS) is 13.2. The molecule has 0 aliphatic heterocycles. The van der Waals surface area contributed by atoms with Crippen molar-refractivity contribution in [3.05, 3.63) is 18.2 Å². The molecule has 1 rings (SSSR count). The third kappa shape index (κ3) is 4.48. The highest BCUT2D eigenvalue weighted by molar-refractivity contribution is 4.98. The number of hydrogen-bond donors (Lipinski definition) is 2. The molecule has 1 heterocycles. The van der Waals surface area contributed by atoms with E-state index in [1.807, 2.05) is 12.4 Å². The summed E-state index contributed by atoms with van der Waals surface area (Å²) in [7, 11) is 0. The Labute approximate surface area is 104 Å². The Morgan fingerprint density at radius 1 is 1.47 bits per heavy atom. The Balaban J connectivity index is 2.61. The van der Waals surface area contributed by atoms with Crippen LogP contribution < -0.4 is 5.32 Å². The van der Waals surface area contributed by atoms with Crippen LogP contribution in [0.4, 0.5) is 0 Å². The van der Waals surface area contributed by atoms with Gasteiger partial charge in [0.25, 0.3) is 0 Å². The van der Waals surface area contributed by atoms with Crippen molar-refractivity contribution in [2.45, 2.75) is 52.1 Å². The molecule has 1 aromatic heterocycles. The van der Waals surface area contributed by atoms with E-state index in [0.29, 0.717) is 12.0 Å². The molecular weight excluding hydrogens is 214 g/mol. The fourth-order valence-corrected chi connectivity index (χ4v) is 1.98. The highest BCUT2D eigenvalue weighted by atomic mass is 16.3. The van der Waals surface area contributed by atoms with Gasteiger partial charge in [-0.2, -0.15) is 0 Å². The molecule has 4 heteroatoms. The molecule has 4 nitrogen and oxygen atoms in total. The molecule has 0 bridgehead atoms. The maximum Gasteiger partial charge on any atom is 0.111 e. The van der Waals surface area contributed by atoms with E-state index in [1.54, 1.807) is 0 Å². The molecule has 1 atom stereocenters. The van der Waals surface area contributed by atoms with Crippen molar-refractivity contribution in [3.8, 4) is 0 Å². The van der Waals surface area contributed by atoms with E-state index in [2.05, 4.69) is 35.6 Å². The second-order valence-electron chi connectivity index (χ2n) is 4.76. The quantitative estimate of drug-likeness (QED) is 0.727. The highest BCUT2D eigenvalue weighted by Crippen LogP contribution is 2.12. The smallest absolute Gasteiger partial charge is 0.111 e. The van der Waals surface area contributed by atoms with Crippen LogP contribution in [-0.4, -0.2) is 33.9 Å². The van der Waals surface area contributed by atoms with Crippen molar-refractivity contribution >= 4 is 0 Å². The molecule has 0 aliphatic carbocycles. The van der Waals surface area contributed by atoms with E-state index in [-0.39, 0.29) is 6.61 Å². The van der Waals surface area contributed by atoms with Crippen LogP contribution in [0.1, 0.15) is 45.4 Å². The highest BCUT2D eigenvalue weighted by Gasteiger charge is 2.12. The fourth-order valence-electron chi connectivity index (χ4n) is 1.98. The monoisotopic (exact) mass is 239 g/mol. The molecule has 0 amide bonds. The summed E-state index contributed by atoms with van der Waals surface area (Å²) in [6.07, 6.45) is 5.77. The zero-order valence-corrected chi connectivity index (χ0v) is 11.2. The summed E-state index contributed by atoms with van der Waals surface area (Å²) in [5.41, 5.74) is 0. The van der Waals surface area contributed by atoms with Crippen molar-refractivity contribution < 1.29 is 5.11 Å². The van der Waals surface area contributed by atoms with E-state index in [1.165, 1.54) is 0 Å². The van der Waals surface area contributed by atoms with Crippen molar-refractivity contribution in [1.82, 2.24) is 14.9 Å². The maximum absolute atomic E-state index is 9.08. The Hall–Kier alpha value is -0.870. The van der Waals surface area contributed by atoms with Gasteiger partial charge in [-0.1, -0.05) is 20.8 Å². The van der Waals surface area contributed by atoms with Gasteiger partial charge in [0.1, 0.15) is 5.82 Å². The van der Waals surface area contributed by atoms with Crippen LogP contribution in [0.15, 0.2) is 12.4 Å². The Kier molecular flexibility index (Phi) is 6.22. The number of nitrogens with one attached hydrogen (secondary N) is 1. The number of aliphatic hydroxyl groups excluding tert-OH is 1. The standard InChI is InChI=1S/C13H25N3O/c1-4-6-14-12(5-9-17)10-16-8-7-15-13(16)11(2)3/h7-8,11-12,14,17H,4-6,9-10H2,1-3H3. The molecule has 0 fully saturated rings. The molecule has 0 saturated carbocycles. The Morgan fingerprint density at radius 3 is 2.82 bits per heavy atom. The lowest BCUT2D eigenvalue weighted by Crippen LogP contribution is -2.35. The minimum absolute atomic E-state index is 0.229. The van der Waals surface area contributed by atoms with Crippen LogP contribution in [0, 0.1) is 0 Å². The second-order valence-corrected chi connectivity index (χ2v) is 4.76. The van der Waals surface area contributed by atoms with Crippen molar-refractivity contribution in [2.24, 2.45) is 0 Å². The largest absolute Gasteiger partial charge is 0.396 e. The molecule has 1 unspecified atom stereocenters. The summed E-state index contributed by atoms with van der Waals surface area (Å²) in [6, 6.07) is 0.326. The van der Waals surface area contributed by atoms with Gasteiger partial charge >= 0.3 is 0 Å². The SMILES string of the molecule is CCCNC(CCO)Cn1ccnc1C(C)C. The van der Waals surface area contributed by atoms with Crippen LogP contribution >= 0.6 is 0 Å². The summed E-state index contributed by atoms with van der Waals surface area (Å²) in [6.45, 7) is 8.57. The van der Waals surface area contributed by atoms with Gasteiger partial charge in [-0.05, 0) is 19.4 Å². The second kappa shape index (κ2) is 7.45.